The van der Waals surface area contributed by atoms with Gasteiger partial charge in [0.15, 0.2) is 16.7 Å². The summed E-state index contributed by atoms with van der Waals surface area (Å²) in [5, 5.41) is 14.3. The smallest absolute Gasteiger partial charge is 0.197 e. The Labute approximate surface area is 111 Å². The third-order valence-corrected chi connectivity index (χ3v) is 5.67. The van der Waals surface area contributed by atoms with Crippen molar-refractivity contribution >= 4 is 17.4 Å². The summed E-state index contributed by atoms with van der Waals surface area (Å²) in [7, 11) is 0. The van der Waals surface area contributed by atoms with E-state index >= 15 is 0 Å². The molecule has 98 valence electrons. The summed E-state index contributed by atoms with van der Waals surface area (Å²) in [5.74, 6) is 3.31. The molecule has 0 unspecified atom stereocenters. The van der Waals surface area contributed by atoms with Crippen LogP contribution in [0.25, 0.3) is 0 Å². The lowest BCUT2D eigenvalue weighted by Crippen LogP contribution is -2.46. The van der Waals surface area contributed by atoms with Crippen LogP contribution in [0.2, 0.25) is 5.15 Å². The second kappa shape index (κ2) is 3.56. The Balaban J connectivity index is 1.74. The molecule has 1 aromatic rings. The average Bonchev–Trinajstić information content (AvgIpc) is 2.56. The summed E-state index contributed by atoms with van der Waals surface area (Å²) < 4.78 is 1.80. The van der Waals surface area contributed by atoms with Crippen LogP contribution < -0.4 is 5.73 Å². The Morgan fingerprint density at radius 2 is 1.67 bits per heavy atom. The molecule has 5 heteroatoms. The zero-order valence-electron chi connectivity index (χ0n) is 10.2. The lowest BCUT2D eigenvalue weighted by molar-refractivity contribution is -0.0334. The van der Waals surface area contributed by atoms with Crippen molar-refractivity contribution in [3.8, 4) is 5.75 Å². The zero-order valence-corrected chi connectivity index (χ0v) is 11.0. The molecule has 4 bridgehead atoms. The maximum absolute atomic E-state index is 9.74. The first-order chi connectivity index (χ1) is 8.63. The van der Waals surface area contributed by atoms with Crippen LogP contribution in [0.3, 0.4) is 0 Å². The Morgan fingerprint density at radius 1 is 1.11 bits per heavy atom. The van der Waals surface area contributed by atoms with E-state index in [1.54, 1.807) is 4.68 Å². The summed E-state index contributed by atoms with van der Waals surface area (Å²) in [6.07, 6.45) is 6.63. The fourth-order valence-electron chi connectivity index (χ4n) is 4.91. The zero-order chi connectivity index (χ0) is 12.4. The van der Waals surface area contributed by atoms with Gasteiger partial charge in [0, 0.05) is 0 Å². The Hall–Kier alpha value is -0.900. The molecule has 4 aliphatic carbocycles. The van der Waals surface area contributed by atoms with Crippen molar-refractivity contribution < 1.29 is 5.11 Å². The SMILES string of the molecule is Nc1nn(C2C3CC4CC(C3)CC2C4)c(Cl)c1O. The molecule has 4 nitrogen and oxygen atoms in total. The van der Waals surface area contributed by atoms with Crippen LogP contribution in [0.4, 0.5) is 5.82 Å². The molecule has 0 aliphatic heterocycles. The molecule has 18 heavy (non-hydrogen) atoms. The van der Waals surface area contributed by atoms with E-state index in [9.17, 15) is 5.11 Å². The number of nitrogens with two attached hydrogens (primary N) is 1. The number of aromatic nitrogens is 2. The second-order valence-electron chi connectivity index (χ2n) is 6.39. The van der Waals surface area contributed by atoms with Gasteiger partial charge in [0.1, 0.15) is 0 Å². The molecule has 0 spiro atoms. The number of anilines is 1. The van der Waals surface area contributed by atoms with Gasteiger partial charge in [0.25, 0.3) is 0 Å². The average molecular weight is 268 g/mol. The predicted molar refractivity (Wildman–Crippen MR) is 69.4 cm³/mol. The molecule has 0 aromatic carbocycles. The van der Waals surface area contributed by atoms with E-state index in [0.29, 0.717) is 23.0 Å². The van der Waals surface area contributed by atoms with Crippen LogP contribution >= 0.6 is 11.6 Å². The molecular weight excluding hydrogens is 250 g/mol. The number of nitrogens with zero attached hydrogens (tertiary/aromatic N) is 2. The van der Waals surface area contributed by atoms with E-state index < -0.39 is 0 Å². The largest absolute Gasteiger partial charge is 0.502 e. The van der Waals surface area contributed by atoms with Crippen molar-refractivity contribution in [1.82, 2.24) is 9.78 Å². The molecule has 1 heterocycles. The first kappa shape index (κ1) is 11.0. The molecule has 5 rings (SSSR count). The fourth-order valence-corrected chi connectivity index (χ4v) is 5.16. The lowest BCUT2D eigenvalue weighted by atomic mass is 9.54. The van der Waals surface area contributed by atoms with Crippen molar-refractivity contribution in [2.45, 2.75) is 38.1 Å². The molecule has 0 radical (unpaired) electrons. The monoisotopic (exact) mass is 267 g/mol. The van der Waals surface area contributed by atoms with Crippen LogP contribution in [0.5, 0.6) is 5.75 Å². The third kappa shape index (κ3) is 1.35. The van der Waals surface area contributed by atoms with Crippen molar-refractivity contribution in [2.24, 2.45) is 23.7 Å². The van der Waals surface area contributed by atoms with Gasteiger partial charge < -0.3 is 10.8 Å². The lowest BCUT2D eigenvalue weighted by Gasteiger charge is -2.54. The summed E-state index contributed by atoms with van der Waals surface area (Å²) >= 11 is 6.18. The Bertz CT molecular complexity index is 471. The number of hydrogen-bond acceptors (Lipinski definition) is 3. The van der Waals surface area contributed by atoms with Gasteiger partial charge in [0.2, 0.25) is 0 Å². The van der Waals surface area contributed by atoms with Gasteiger partial charge in [-0.15, -0.1) is 5.10 Å². The van der Waals surface area contributed by atoms with E-state index in [4.69, 9.17) is 17.3 Å². The number of hydrogen-bond donors (Lipinski definition) is 2. The highest BCUT2D eigenvalue weighted by Gasteiger charge is 2.49. The second-order valence-corrected chi connectivity index (χ2v) is 6.75. The summed E-state index contributed by atoms with van der Waals surface area (Å²) in [5.41, 5.74) is 5.67. The minimum atomic E-state index is -0.0505. The summed E-state index contributed by atoms with van der Waals surface area (Å²) in [6.45, 7) is 0. The molecule has 0 atom stereocenters. The van der Waals surface area contributed by atoms with E-state index in [-0.39, 0.29) is 11.6 Å². The molecular formula is C13H18ClN3O. The van der Waals surface area contributed by atoms with Gasteiger partial charge in [-0.05, 0) is 55.8 Å². The van der Waals surface area contributed by atoms with Crippen LogP contribution in [0.15, 0.2) is 0 Å². The quantitative estimate of drug-likeness (QED) is 0.822. The third-order valence-electron chi connectivity index (χ3n) is 5.31. The van der Waals surface area contributed by atoms with Gasteiger partial charge >= 0.3 is 0 Å². The molecule has 0 saturated heterocycles. The summed E-state index contributed by atoms with van der Waals surface area (Å²) in [6, 6.07) is 0.355. The molecule has 4 saturated carbocycles. The standard InChI is InChI=1S/C13H18ClN3O/c14-12-11(18)13(15)16-17(12)10-8-2-6-1-7(4-8)5-9(10)3-6/h6-10,18H,1-5H2,(H2,15,16). The van der Waals surface area contributed by atoms with Gasteiger partial charge in [-0.2, -0.15) is 0 Å². The molecule has 4 fully saturated rings. The van der Waals surface area contributed by atoms with E-state index in [1.807, 2.05) is 0 Å². The van der Waals surface area contributed by atoms with E-state index in [0.717, 1.165) is 11.8 Å². The van der Waals surface area contributed by atoms with Crippen molar-refractivity contribution in [3.05, 3.63) is 5.15 Å². The van der Waals surface area contributed by atoms with Gasteiger partial charge in [-0.3, -0.25) is 0 Å². The minimum absolute atomic E-state index is 0.0505. The summed E-state index contributed by atoms with van der Waals surface area (Å²) in [4.78, 5) is 0. The molecule has 1 aromatic heterocycles. The molecule has 4 aliphatic rings. The number of nitrogen functional groups attached to an aromatic ring is 1. The minimum Gasteiger partial charge on any atom is -0.502 e. The first-order valence-electron chi connectivity index (χ1n) is 6.86. The van der Waals surface area contributed by atoms with Gasteiger partial charge in [0.05, 0.1) is 6.04 Å². The van der Waals surface area contributed by atoms with Gasteiger partial charge in [-0.25, -0.2) is 4.68 Å². The van der Waals surface area contributed by atoms with Crippen molar-refractivity contribution in [2.75, 3.05) is 5.73 Å². The maximum atomic E-state index is 9.74. The highest BCUT2D eigenvalue weighted by atomic mass is 35.5. The number of halogens is 1. The highest BCUT2D eigenvalue weighted by Crippen LogP contribution is 2.58. The van der Waals surface area contributed by atoms with E-state index in [2.05, 4.69) is 5.10 Å². The molecule has 3 N–H and O–H groups in total. The van der Waals surface area contributed by atoms with Crippen LogP contribution in [0.1, 0.15) is 38.1 Å². The van der Waals surface area contributed by atoms with Crippen LogP contribution in [-0.2, 0) is 0 Å². The predicted octanol–water partition coefficient (Wildman–Crippen LogP) is 2.82. The highest BCUT2D eigenvalue weighted by molar-refractivity contribution is 6.31. The normalized spacial score (nSPS) is 41.5. The Kier molecular flexibility index (Phi) is 2.17. The van der Waals surface area contributed by atoms with Crippen LogP contribution in [-0.4, -0.2) is 14.9 Å². The number of rotatable bonds is 1. The maximum Gasteiger partial charge on any atom is 0.197 e. The molecule has 0 amide bonds. The topological polar surface area (TPSA) is 64.1 Å². The first-order valence-corrected chi connectivity index (χ1v) is 7.23. The fraction of sp³-hybridized carbons (Fsp3) is 0.769. The van der Waals surface area contributed by atoms with Crippen molar-refractivity contribution in [3.63, 3.8) is 0 Å². The van der Waals surface area contributed by atoms with Gasteiger partial charge in [-0.1, -0.05) is 11.6 Å². The van der Waals surface area contributed by atoms with E-state index in [1.165, 1.54) is 32.1 Å². The Morgan fingerprint density at radius 3 is 2.11 bits per heavy atom. The van der Waals surface area contributed by atoms with Crippen molar-refractivity contribution in [1.29, 1.82) is 0 Å². The number of aromatic hydroxyl groups is 1. The van der Waals surface area contributed by atoms with Crippen LogP contribution in [0, 0.1) is 23.7 Å².